The second-order valence-electron chi connectivity index (χ2n) is 15.4. The van der Waals surface area contributed by atoms with Gasteiger partial charge in [-0.25, -0.2) is 39.3 Å². The van der Waals surface area contributed by atoms with Crippen LogP contribution in [0.3, 0.4) is 0 Å². The third-order valence-corrected chi connectivity index (χ3v) is 13.4. The van der Waals surface area contributed by atoms with Crippen molar-refractivity contribution in [2.45, 2.75) is 77.4 Å². The number of tetrazole rings is 2. The van der Waals surface area contributed by atoms with Crippen LogP contribution in [0.5, 0.6) is 11.5 Å². The van der Waals surface area contributed by atoms with Gasteiger partial charge in [0.25, 0.3) is 0 Å². The van der Waals surface area contributed by atoms with Crippen molar-refractivity contribution in [2.75, 3.05) is 36.0 Å². The zero-order chi connectivity index (χ0) is 43.5. The highest BCUT2D eigenvalue weighted by Gasteiger charge is 2.26. The summed E-state index contributed by atoms with van der Waals surface area (Å²) in [6.07, 6.45) is 17.0. The average Bonchev–Trinajstić information content (AvgIpc) is 4.23. The first-order chi connectivity index (χ1) is 31.6. The molecule has 0 unspecified atom stereocenters. The maximum atomic E-state index is 5.92. The van der Waals surface area contributed by atoms with Gasteiger partial charge in [-0.2, -0.15) is 0 Å². The average molecular weight is 897 g/mol. The molecule has 0 aliphatic carbocycles. The molecule has 2 aromatic carbocycles. The van der Waals surface area contributed by atoms with Gasteiger partial charge in [-0.05, 0) is 119 Å². The molecule has 0 bridgehead atoms. The first-order valence-electron chi connectivity index (χ1n) is 21.5. The van der Waals surface area contributed by atoms with Crippen molar-refractivity contribution in [3.8, 4) is 22.9 Å². The van der Waals surface area contributed by atoms with Gasteiger partial charge in [-0.3, -0.25) is 0 Å². The van der Waals surface area contributed by atoms with Crippen molar-refractivity contribution in [3.63, 3.8) is 0 Å². The third-order valence-electron chi connectivity index (χ3n) is 11.3. The lowest BCUT2D eigenvalue weighted by Crippen LogP contribution is -2.34. The minimum absolute atomic E-state index is 0.456. The summed E-state index contributed by atoms with van der Waals surface area (Å²) in [5.41, 5.74) is 6.05. The van der Waals surface area contributed by atoms with Crippen LogP contribution in [0.4, 0.5) is 11.9 Å². The number of thiazole rings is 2. The molecule has 6 aromatic heterocycles. The van der Waals surface area contributed by atoms with Gasteiger partial charge in [0.2, 0.25) is 11.9 Å². The Balaban J connectivity index is 0.000000162. The standard InChI is InChI=1S/2C22H24N8OS/c2*1-2-16-11-23-22(24-12-16)29-9-7-17(8-10-29)21-26-18(14-32-21)13-31-20-5-3-19(4-6-20)30-15-25-27-28-30/h2*3-6,11-12,14-15,17H,2,7-10,13H2,1H3. The number of aromatic nitrogens is 14. The Morgan fingerprint density at radius 3 is 1.28 bits per heavy atom. The molecule has 0 spiro atoms. The zero-order valence-electron chi connectivity index (χ0n) is 35.7. The summed E-state index contributed by atoms with van der Waals surface area (Å²) in [5, 5.41) is 28.9. The Labute approximate surface area is 378 Å². The van der Waals surface area contributed by atoms with Crippen molar-refractivity contribution in [1.29, 1.82) is 0 Å². The van der Waals surface area contributed by atoms with Gasteiger partial charge >= 0.3 is 0 Å². The topological polar surface area (TPSA) is 189 Å². The van der Waals surface area contributed by atoms with Crippen LogP contribution in [0.25, 0.3) is 11.4 Å². The van der Waals surface area contributed by atoms with Crippen molar-refractivity contribution in [2.24, 2.45) is 0 Å². The molecule has 20 heteroatoms. The van der Waals surface area contributed by atoms with Crippen molar-refractivity contribution in [1.82, 2.24) is 70.3 Å². The Morgan fingerprint density at radius 1 is 0.547 bits per heavy atom. The molecule has 0 saturated carbocycles. The molecule has 2 saturated heterocycles. The fraction of sp³-hybridized carbons (Fsp3) is 0.364. The molecule has 2 fully saturated rings. The molecule has 2 aliphatic rings. The summed E-state index contributed by atoms with van der Waals surface area (Å²) in [7, 11) is 0. The summed E-state index contributed by atoms with van der Waals surface area (Å²) in [5.74, 6) is 4.21. The van der Waals surface area contributed by atoms with Crippen LogP contribution in [-0.4, -0.2) is 96.5 Å². The van der Waals surface area contributed by atoms with Crippen LogP contribution in [0.2, 0.25) is 0 Å². The quantitative estimate of drug-likeness (QED) is 0.110. The summed E-state index contributed by atoms with van der Waals surface area (Å²) < 4.78 is 15.0. The van der Waals surface area contributed by atoms with Gasteiger partial charge in [-0.15, -0.1) is 32.9 Å². The lowest BCUT2D eigenvalue weighted by Gasteiger charge is -2.31. The lowest BCUT2D eigenvalue weighted by atomic mass is 9.98. The number of piperidine rings is 2. The Morgan fingerprint density at radius 2 is 0.938 bits per heavy atom. The first-order valence-corrected chi connectivity index (χ1v) is 23.3. The summed E-state index contributed by atoms with van der Waals surface area (Å²) >= 11 is 3.46. The van der Waals surface area contributed by atoms with E-state index in [0.717, 1.165) is 111 Å². The third kappa shape index (κ3) is 10.7. The van der Waals surface area contributed by atoms with E-state index < -0.39 is 0 Å². The van der Waals surface area contributed by atoms with Crippen LogP contribution in [0.1, 0.15) is 83.9 Å². The van der Waals surface area contributed by atoms with E-state index in [0.29, 0.717) is 25.0 Å². The number of ether oxygens (including phenoxy) is 2. The largest absolute Gasteiger partial charge is 0.487 e. The van der Waals surface area contributed by atoms with E-state index in [-0.39, 0.29) is 0 Å². The molecule has 0 atom stereocenters. The van der Waals surface area contributed by atoms with Crippen molar-refractivity contribution >= 4 is 34.6 Å². The molecule has 328 valence electrons. The van der Waals surface area contributed by atoms with E-state index in [1.54, 1.807) is 44.7 Å². The highest BCUT2D eigenvalue weighted by molar-refractivity contribution is 7.10. The van der Waals surface area contributed by atoms with E-state index in [4.69, 9.17) is 19.4 Å². The van der Waals surface area contributed by atoms with Gasteiger partial charge in [0.1, 0.15) is 37.4 Å². The molecule has 8 heterocycles. The van der Waals surface area contributed by atoms with Crippen molar-refractivity contribution in [3.05, 3.63) is 129 Å². The van der Waals surface area contributed by atoms with Crippen LogP contribution < -0.4 is 19.3 Å². The highest BCUT2D eigenvalue weighted by Crippen LogP contribution is 2.33. The predicted octanol–water partition coefficient (Wildman–Crippen LogP) is 6.87. The molecule has 0 amide bonds. The molecule has 2 aliphatic heterocycles. The fourth-order valence-electron chi connectivity index (χ4n) is 7.46. The monoisotopic (exact) mass is 896 g/mol. The lowest BCUT2D eigenvalue weighted by molar-refractivity contribution is 0.301. The Bertz CT molecular complexity index is 2420. The number of benzene rings is 2. The Kier molecular flexibility index (Phi) is 13.7. The molecule has 8 aromatic rings. The molecule has 10 rings (SSSR count). The highest BCUT2D eigenvalue weighted by atomic mass is 32.1. The number of rotatable bonds is 14. The number of hydrogen-bond acceptors (Lipinski definition) is 18. The molecular weight excluding hydrogens is 849 g/mol. The van der Waals surface area contributed by atoms with Crippen LogP contribution in [0, 0.1) is 0 Å². The van der Waals surface area contributed by atoms with E-state index in [1.165, 1.54) is 21.1 Å². The second-order valence-corrected chi connectivity index (χ2v) is 17.2. The number of hydrogen-bond donors (Lipinski definition) is 0. The number of aryl methyl sites for hydroxylation is 2. The molecule has 0 N–H and O–H groups in total. The smallest absolute Gasteiger partial charge is 0.225 e. The van der Waals surface area contributed by atoms with Crippen molar-refractivity contribution < 1.29 is 9.47 Å². The van der Waals surface area contributed by atoms with E-state index in [9.17, 15) is 0 Å². The molecular formula is C44H48N16O2S2. The normalized spacial score (nSPS) is 14.6. The maximum Gasteiger partial charge on any atom is 0.225 e. The van der Waals surface area contributed by atoms with E-state index in [1.807, 2.05) is 73.3 Å². The summed E-state index contributed by atoms with van der Waals surface area (Å²) in [6.45, 7) is 8.96. The van der Waals surface area contributed by atoms with Crippen LogP contribution >= 0.6 is 22.7 Å². The Hall–Kier alpha value is -6.80. The van der Waals surface area contributed by atoms with E-state index in [2.05, 4.69) is 85.4 Å². The van der Waals surface area contributed by atoms with E-state index >= 15 is 0 Å². The van der Waals surface area contributed by atoms with Gasteiger partial charge in [-0.1, -0.05) is 13.8 Å². The van der Waals surface area contributed by atoms with Gasteiger partial charge < -0.3 is 19.3 Å². The van der Waals surface area contributed by atoms with Gasteiger partial charge in [0, 0.05) is 73.6 Å². The molecule has 0 radical (unpaired) electrons. The molecule has 18 nitrogen and oxygen atoms in total. The summed E-state index contributed by atoms with van der Waals surface area (Å²) in [4.78, 5) is 32.3. The number of nitrogens with zero attached hydrogens (tertiary/aromatic N) is 16. The number of anilines is 2. The minimum Gasteiger partial charge on any atom is -0.487 e. The van der Waals surface area contributed by atoms with Gasteiger partial charge in [0.15, 0.2) is 0 Å². The maximum absolute atomic E-state index is 5.92. The zero-order valence-corrected chi connectivity index (χ0v) is 37.3. The SMILES string of the molecule is CCc1cnc(N2CCC(c3nc(COc4ccc(-n5cnnn5)cc4)cs3)CC2)nc1.CCc1cnc(N2CCC(c3nc(COc4ccc(-n5cnnn5)cc4)cs3)CC2)nc1. The predicted molar refractivity (Wildman–Crippen MR) is 242 cm³/mol. The fourth-order valence-corrected chi connectivity index (χ4v) is 9.41. The van der Waals surface area contributed by atoms with Crippen LogP contribution in [-0.2, 0) is 26.1 Å². The van der Waals surface area contributed by atoms with Gasteiger partial charge in [0.05, 0.1) is 32.8 Å². The first kappa shape index (κ1) is 42.5. The summed E-state index contributed by atoms with van der Waals surface area (Å²) in [6, 6.07) is 15.3. The molecule has 64 heavy (non-hydrogen) atoms. The second kappa shape index (κ2) is 20.6. The minimum atomic E-state index is 0.456. The van der Waals surface area contributed by atoms with Crippen LogP contribution in [0.15, 0.2) is 96.7 Å².